The standard InChI is InChI=1S/C14H22N2O2S2/c1-2-11-13(20-16-15-11)12(17)10-3-6-18-14(9-10)4-7-19-8-5-14/h10,12,17H,2-9H2,1H3. The highest BCUT2D eigenvalue weighted by atomic mass is 32.2. The third kappa shape index (κ3) is 2.89. The molecular formula is C14H22N2O2S2. The Balaban J connectivity index is 1.73. The number of aliphatic hydroxyl groups is 1. The lowest BCUT2D eigenvalue weighted by atomic mass is 9.79. The molecule has 0 amide bonds. The van der Waals surface area contributed by atoms with Crippen LogP contribution < -0.4 is 0 Å². The van der Waals surface area contributed by atoms with E-state index in [-0.39, 0.29) is 5.60 Å². The van der Waals surface area contributed by atoms with Gasteiger partial charge in [-0.3, -0.25) is 0 Å². The molecule has 1 aromatic rings. The summed E-state index contributed by atoms with van der Waals surface area (Å²) in [5, 5.41) is 14.9. The molecule has 2 atom stereocenters. The number of hydrogen-bond donors (Lipinski definition) is 1. The average Bonchev–Trinajstić information content (AvgIpc) is 2.96. The quantitative estimate of drug-likeness (QED) is 0.930. The fourth-order valence-electron chi connectivity index (χ4n) is 3.33. The summed E-state index contributed by atoms with van der Waals surface area (Å²) < 4.78 is 10.1. The topological polar surface area (TPSA) is 55.2 Å². The molecule has 4 nitrogen and oxygen atoms in total. The summed E-state index contributed by atoms with van der Waals surface area (Å²) in [6.07, 6.45) is 4.60. The lowest BCUT2D eigenvalue weighted by Gasteiger charge is -2.44. The van der Waals surface area contributed by atoms with Crippen LogP contribution in [0.1, 0.15) is 49.3 Å². The molecule has 1 aromatic heterocycles. The number of aromatic nitrogens is 2. The Hall–Kier alpha value is -0.170. The van der Waals surface area contributed by atoms with Crippen LogP contribution in [0, 0.1) is 5.92 Å². The molecule has 2 unspecified atom stereocenters. The molecule has 1 spiro atoms. The van der Waals surface area contributed by atoms with E-state index in [2.05, 4.69) is 16.5 Å². The monoisotopic (exact) mass is 314 g/mol. The van der Waals surface area contributed by atoms with Crippen molar-refractivity contribution in [3.63, 3.8) is 0 Å². The minimum absolute atomic E-state index is 0.0274. The van der Waals surface area contributed by atoms with E-state index in [1.54, 1.807) is 0 Å². The molecule has 1 N–H and O–H groups in total. The second-order valence-electron chi connectivity index (χ2n) is 5.78. The molecule has 0 aliphatic carbocycles. The predicted octanol–water partition coefficient (Wildman–Crippen LogP) is 2.83. The van der Waals surface area contributed by atoms with E-state index < -0.39 is 6.10 Å². The van der Waals surface area contributed by atoms with Crippen LogP contribution in [0.25, 0.3) is 0 Å². The minimum atomic E-state index is -0.416. The molecule has 2 aliphatic rings. The van der Waals surface area contributed by atoms with Crippen molar-refractivity contribution in [1.29, 1.82) is 0 Å². The smallest absolute Gasteiger partial charge is 0.0947 e. The highest BCUT2D eigenvalue weighted by Gasteiger charge is 2.41. The summed E-state index contributed by atoms with van der Waals surface area (Å²) in [4.78, 5) is 0.972. The largest absolute Gasteiger partial charge is 0.387 e. The number of thioether (sulfide) groups is 1. The average molecular weight is 314 g/mol. The number of hydrogen-bond acceptors (Lipinski definition) is 6. The molecule has 20 heavy (non-hydrogen) atoms. The molecule has 2 aliphatic heterocycles. The summed E-state index contributed by atoms with van der Waals surface area (Å²) in [7, 11) is 0. The number of nitrogens with zero attached hydrogens (tertiary/aromatic N) is 2. The SMILES string of the molecule is CCc1nnsc1C(O)C1CCOC2(CCSCC2)C1. The Labute approximate surface area is 128 Å². The van der Waals surface area contributed by atoms with Crippen molar-refractivity contribution in [1.82, 2.24) is 9.59 Å². The van der Waals surface area contributed by atoms with E-state index in [9.17, 15) is 5.11 Å². The molecule has 2 saturated heterocycles. The van der Waals surface area contributed by atoms with Gasteiger partial charge in [0.15, 0.2) is 0 Å². The normalized spacial score (nSPS) is 27.6. The van der Waals surface area contributed by atoms with Crippen molar-refractivity contribution in [2.45, 2.75) is 50.7 Å². The maximum Gasteiger partial charge on any atom is 0.0947 e. The van der Waals surface area contributed by atoms with E-state index in [1.807, 2.05) is 11.8 Å². The predicted molar refractivity (Wildman–Crippen MR) is 82.2 cm³/mol. The second kappa shape index (κ2) is 6.30. The molecule has 112 valence electrons. The van der Waals surface area contributed by atoms with Gasteiger partial charge in [0.1, 0.15) is 0 Å². The molecule has 0 radical (unpaired) electrons. The van der Waals surface area contributed by atoms with Gasteiger partial charge in [0, 0.05) is 6.61 Å². The van der Waals surface area contributed by atoms with Gasteiger partial charge in [-0.25, -0.2) is 0 Å². The summed E-state index contributed by atoms with van der Waals surface area (Å²) in [5.41, 5.74) is 0.988. The first-order chi connectivity index (χ1) is 9.74. The van der Waals surface area contributed by atoms with Gasteiger partial charge in [-0.05, 0) is 61.1 Å². The van der Waals surface area contributed by atoms with Crippen molar-refractivity contribution in [2.75, 3.05) is 18.1 Å². The zero-order chi connectivity index (χ0) is 14.0. The Morgan fingerprint density at radius 3 is 3.00 bits per heavy atom. The molecule has 0 bridgehead atoms. The molecule has 3 heterocycles. The van der Waals surface area contributed by atoms with Crippen LogP contribution in [0.3, 0.4) is 0 Å². The first-order valence-electron chi connectivity index (χ1n) is 7.45. The van der Waals surface area contributed by atoms with Gasteiger partial charge in [0.05, 0.1) is 22.3 Å². The van der Waals surface area contributed by atoms with E-state index in [1.165, 1.54) is 23.0 Å². The Bertz CT molecular complexity index is 441. The van der Waals surface area contributed by atoms with Gasteiger partial charge in [-0.15, -0.1) is 5.10 Å². The molecule has 0 aromatic carbocycles. The van der Waals surface area contributed by atoms with Gasteiger partial charge in [0.25, 0.3) is 0 Å². The fourth-order valence-corrected chi connectivity index (χ4v) is 5.38. The van der Waals surface area contributed by atoms with Crippen LogP contribution in [0.15, 0.2) is 0 Å². The van der Waals surface area contributed by atoms with Crippen molar-refractivity contribution in [3.05, 3.63) is 10.6 Å². The van der Waals surface area contributed by atoms with Crippen LogP contribution in [0.2, 0.25) is 0 Å². The highest BCUT2D eigenvalue weighted by molar-refractivity contribution is 7.99. The highest BCUT2D eigenvalue weighted by Crippen LogP contribution is 2.44. The number of ether oxygens (including phenoxy) is 1. The van der Waals surface area contributed by atoms with Crippen LogP contribution in [0.5, 0.6) is 0 Å². The zero-order valence-corrected chi connectivity index (χ0v) is 13.5. The van der Waals surface area contributed by atoms with Crippen LogP contribution in [0.4, 0.5) is 0 Å². The first kappa shape index (κ1) is 14.8. The third-order valence-electron chi connectivity index (χ3n) is 4.57. The molecule has 6 heteroatoms. The van der Waals surface area contributed by atoms with Crippen LogP contribution in [-0.4, -0.2) is 38.4 Å². The summed E-state index contributed by atoms with van der Waals surface area (Å²) in [6.45, 7) is 2.84. The Morgan fingerprint density at radius 1 is 1.45 bits per heavy atom. The van der Waals surface area contributed by atoms with Crippen LogP contribution >= 0.6 is 23.3 Å². The van der Waals surface area contributed by atoms with E-state index in [0.29, 0.717) is 5.92 Å². The van der Waals surface area contributed by atoms with Gasteiger partial charge >= 0.3 is 0 Å². The summed E-state index contributed by atoms with van der Waals surface area (Å²) in [5.74, 6) is 2.66. The summed E-state index contributed by atoms with van der Waals surface area (Å²) in [6, 6.07) is 0. The summed E-state index contributed by atoms with van der Waals surface area (Å²) >= 11 is 3.37. The van der Waals surface area contributed by atoms with Gasteiger partial charge < -0.3 is 9.84 Å². The Morgan fingerprint density at radius 2 is 2.25 bits per heavy atom. The van der Waals surface area contributed by atoms with E-state index in [0.717, 1.165) is 49.3 Å². The Kier molecular flexibility index (Phi) is 4.65. The van der Waals surface area contributed by atoms with E-state index >= 15 is 0 Å². The van der Waals surface area contributed by atoms with Gasteiger partial charge in [0.2, 0.25) is 0 Å². The van der Waals surface area contributed by atoms with Crippen molar-refractivity contribution >= 4 is 23.3 Å². The number of aryl methyl sites for hydroxylation is 1. The minimum Gasteiger partial charge on any atom is -0.387 e. The van der Waals surface area contributed by atoms with Gasteiger partial charge in [-0.1, -0.05) is 11.4 Å². The molecule has 2 fully saturated rings. The maximum atomic E-state index is 10.7. The second-order valence-corrected chi connectivity index (χ2v) is 7.79. The lowest BCUT2D eigenvalue weighted by Crippen LogP contribution is -2.44. The van der Waals surface area contributed by atoms with E-state index in [4.69, 9.17) is 4.74 Å². The lowest BCUT2D eigenvalue weighted by molar-refractivity contribution is -0.121. The molecule has 3 rings (SSSR count). The third-order valence-corrected chi connectivity index (χ3v) is 6.39. The number of aliphatic hydroxyl groups excluding tert-OH is 1. The molecule has 0 saturated carbocycles. The van der Waals surface area contributed by atoms with Crippen molar-refractivity contribution < 1.29 is 9.84 Å². The first-order valence-corrected chi connectivity index (χ1v) is 9.38. The molecular weight excluding hydrogens is 292 g/mol. The fraction of sp³-hybridized carbons (Fsp3) is 0.857. The maximum absolute atomic E-state index is 10.7. The van der Waals surface area contributed by atoms with Crippen molar-refractivity contribution in [2.24, 2.45) is 5.92 Å². The zero-order valence-electron chi connectivity index (χ0n) is 11.9. The van der Waals surface area contributed by atoms with Crippen molar-refractivity contribution in [3.8, 4) is 0 Å². The van der Waals surface area contributed by atoms with Crippen LogP contribution in [-0.2, 0) is 11.2 Å². The number of rotatable bonds is 3. The van der Waals surface area contributed by atoms with Gasteiger partial charge in [-0.2, -0.15) is 11.8 Å².